The number of hydrogen-bond acceptors (Lipinski definition) is 37. The summed E-state index contributed by atoms with van der Waals surface area (Å²) in [7, 11) is 0. The van der Waals surface area contributed by atoms with E-state index >= 15 is 0 Å². The quantitative estimate of drug-likeness (QED) is 0.0427. The van der Waals surface area contributed by atoms with E-state index in [1.807, 2.05) is 6.92 Å². The zero-order chi connectivity index (χ0) is 78.1. The SMILES string of the molecule is CC(=O)NC1C(OC2C(C(=O)O)OC(OC3C(C)OC(OC4C(C(=O)O)OC(OC5C(C)OC(OC6C(C=O)OC(OC7C(C)OC(OC8C(C=O)OC(Oc9ccc(C)cc9)C(O)C8O)C(NC(C)=O)C7O)C(O)C6O)C(NC(C)=O)C5O)C(O)C4O)C(NC(C)=O)C3O)C(O)C2O)OC(C)C(O)C1O. The normalized spacial score (nSPS) is 46.4. The molecule has 0 aliphatic carbocycles. The van der Waals surface area contributed by atoms with Gasteiger partial charge in [-0.25, -0.2) is 9.59 Å². The Balaban J connectivity index is 0.829. The molecule has 0 bridgehead atoms. The predicted molar refractivity (Wildman–Crippen MR) is 334 cm³/mol. The molecule has 40 unspecified atom stereocenters. The number of rotatable bonds is 24. The van der Waals surface area contributed by atoms with E-state index in [1.54, 1.807) is 24.3 Å². The fourth-order valence-electron chi connectivity index (χ4n) is 13.6. The number of carbonyl (C=O) groups is 8. The molecule has 8 aliphatic rings. The summed E-state index contributed by atoms with van der Waals surface area (Å²) in [6.07, 6.45) is -68.8. The predicted octanol–water partition coefficient (Wildman–Crippen LogP) is -10.8. The molecule has 598 valence electrons. The van der Waals surface area contributed by atoms with Crippen LogP contribution in [0.3, 0.4) is 0 Å². The Morgan fingerprint density at radius 1 is 0.330 bits per heavy atom. The molecular weight excluding hydrogens is 1440 g/mol. The average Bonchev–Trinajstić information content (AvgIpc) is 0.778. The maximum absolute atomic E-state index is 13.0. The number of nitrogens with one attached hydrogen (secondary N) is 4. The van der Waals surface area contributed by atoms with Crippen molar-refractivity contribution in [2.24, 2.45) is 0 Å². The van der Waals surface area contributed by atoms with Crippen molar-refractivity contribution in [2.75, 3.05) is 0 Å². The summed E-state index contributed by atoms with van der Waals surface area (Å²) in [6, 6.07) is -0.326. The Labute approximate surface area is 601 Å². The molecule has 1 aromatic carbocycles. The molecule has 43 heteroatoms. The minimum atomic E-state index is -2.39. The first kappa shape index (κ1) is 84.1. The van der Waals surface area contributed by atoms with E-state index in [9.17, 15) is 115 Å². The lowest BCUT2D eigenvalue weighted by molar-refractivity contribution is -0.378. The summed E-state index contributed by atoms with van der Waals surface area (Å²) in [4.78, 5) is 101. The van der Waals surface area contributed by atoms with Crippen LogP contribution in [0.15, 0.2) is 24.3 Å². The number of aldehydes is 2. The number of hydrogen-bond donors (Lipinski definition) is 19. The lowest BCUT2D eigenvalue weighted by Gasteiger charge is -2.50. The van der Waals surface area contributed by atoms with Gasteiger partial charge >= 0.3 is 11.9 Å². The topological polar surface area (TPSA) is 636 Å². The van der Waals surface area contributed by atoms with Gasteiger partial charge in [0.2, 0.25) is 29.9 Å². The number of carboxylic acids is 2. The Morgan fingerprint density at radius 3 is 0.925 bits per heavy atom. The molecule has 9 rings (SSSR count). The van der Waals surface area contributed by atoms with Crippen molar-refractivity contribution in [3.8, 4) is 5.75 Å². The van der Waals surface area contributed by atoms with Gasteiger partial charge in [-0.3, -0.25) is 19.2 Å². The minimum absolute atomic E-state index is 0.103. The van der Waals surface area contributed by atoms with Crippen LogP contribution in [-0.2, 0) is 109 Å². The van der Waals surface area contributed by atoms with Crippen molar-refractivity contribution < 1.29 is 191 Å². The van der Waals surface area contributed by atoms with E-state index in [-0.39, 0.29) is 18.3 Å². The number of aliphatic hydroxyl groups excluding tert-OH is 13. The number of aryl methyl sites for hydroxylation is 1. The van der Waals surface area contributed by atoms with E-state index in [0.717, 1.165) is 33.3 Å². The molecule has 8 aliphatic heterocycles. The monoisotopic (exact) mass is 1530 g/mol. The van der Waals surface area contributed by atoms with E-state index in [4.69, 9.17) is 75.8 Å². The van der Waals surface area contributed by atoms with Gasteiger partial charge in [0, 0.05) is 27.7 Å². The van der Waals surface area contributed by atoms with Gasteiger partial charge in [0.05, 0.1) is 24.4 Å². The maximum atomic E-state index is 13.0. The van der Waals surface area contributed by atoms with Crippen molar-refractivity contribution in [1.29, 1.82) is 0 Å². The Morgan fingerprint density at radius 2 is 0.604 bits per heavy atom. The molecule has 0 aromatic heterocycles. The highest BCUT2D eigenvalue weighted by Gasteiger charge is 2.61. The van der Waals surface area contributed by atoms with Crippen molar-refractivity contribution in [3.63, 3.8) is 0 Å². The van der Waals surface area contributed by atoms with E-state index in [1.165, 1.54) is 27.7 Å². The van der Waals surface area contributed by atoms with Gasteiger partial charge in [-0.05, 0) is 46.8 Å². The van der Waals surface area contributed by atoms with Gasteiger partial charge in [0.15, 0.2) is 68.8 Å². The van der Waals surface area contributed by atoms with Crippen LogP contribution in [0.1, 0.15) is 61.0 Å². The third-order valence-electron chi connectivity index (χ3n) is 19.1. The molecule has 8 saturated heterocycles. The molecule has 1 aromatic rings. The average molecular weight is 1530 g/mol. The van der Waals surface area contributed by atoms with Crippen LogP contribution in [0.4, 0.5) is 0 Å². The molecule has 4 amide bonds. The van der Waals surface area contributed by atoms with Crippen molar-refractivity contribution >= 4 is 48.1 Å². The minimum Gasteiger partial charge on any atom is -0.479 e. The number of benzene rings is 1. The van der Waals surface area contributed by atoms with Crippen molar-refractivity contribution in [3.05, 3.63) is 29.8 Å². The van der Waals surface area contributed by atoms with Crippen LogP contribution < -0.4 is 26.0 Å². The van der Waals surface area contributed by atoms with Crippen LogP contribution >= 0.6 is 0 Å². The Bertz CT molecular complexity index is 3190. The lowest BCUT2D eigenvalue weighted by Crippen LogP contribution is -2.70. The summed E-state index contributed by atoms with van der Waals surface area (Å²) in [6.45, 7) is 10.9. The summed E-state index contributed by atoms with van der Waals surface area (Å²) in [5.41, 5.74) is 0.878. The molecule has 8 heterocycles. The highest BCUT2D eigenvalue weighted by molar-refractivity contribution is 5.75. The molecule has 19 N–H and O–H groups in total. The van der Waals surface area contributed by atoms with Gasteiger partial charge in [-0.1, -0.05) is 17.7 Å². The molecule has 8 fully saturated rings. The summed E-state index contributed by atoms with van der Waals surface area (Å²) < 4.78 is 93.1. The zero-order valence-corrected chi connectivity index (χ0v) is 58.1. The standard InChI is InChI=1S/C63H92N4O39/c1-16-10-12-25(13-11-16)95-60-41(83)37(79)48(26(14-68)96-60)101-57-29(65-22(7)71)34(76)45(18(3)92-57)98-61-42(84)38(80)49(27(15-69)97-61)102-58-30(66-23(8)72)35(77)46(19(4)93-58)99-63-44(86)40(82)51(53(106-63)55(89)90)104-59-31(67-24(9)73)36(78)47(20(5)94-59)100-62-43(85)39(81)50(52(105-62)54(87)88)103-56-28(64-21(6)70)33(75)32(74)17(2)91-56/h10-15,17-20,26-53,56-63,74-86H,1-9H3,(H,64,70)(H,65,71)(H,66,72)(H,67,73)(H,87,88)(H,89,90). The van der Waals surface area contributed by atoms with Gasteiger partial charge in [-0.2, -0.15) is 0 Å². The number of carbonyl (C=O) groups excluding carboxylic acids is 6. The molecule has 0 radical (unpaired) electrons. The Kier molecular flexibility index (Phi) is 28.1. The first-order valence-electron chi connectivity index (χ1n) is 33.7. The largest absolute Gasteiger partial charge is 0.479 e. The summed E-state index contributed by atoms with van der Waals surface area (Å²) in [5, 5.41) is 179. The van der Waals surface area contributed by atoms with E-state index < -0.39 is 281 Å². The Hall–Kier alpha value is -5.94. The van der Waals surface area contributed by atoms with Crippen molar-refractivity contribution in [1.82, 2.24) is 21.3 Å². The van der Waals surface area contributed by atoms with Gasteiger partial charge in [-0.15, -0.1) is 0 Å². The lowest BCUT2D eigenvalue weighted by atomic mass is 9.94. The zero-order valence-electron chi connectivity index (χ0n) is 58.1. The number of aliphatic hydroxyl groups is 13. The van der Waals surface area contributed by atoms with Crippen LogP contribution in [0.5, 0.6) is 5.75 Å². The van der Waals surface area contributed by atoms with Crippen molar-refractivity contribution in [2.45, 2.75) is 308 Å². The van der Waals surface area contributed by atoms with Gasteiger partial charge in [0.25, 0.3) is 0 Å². The highest BCUT2D eigenvalue weighted by Crippen LogP contribution is 2.39. The third kappa shape index (κ3) is 18.4. The molecule has 0 spiro atoms. The molecule has 106 heavy (non-hydrogen) atoms. The smallest absolute Gasteiger partial charge is 0.335 e. The van der Waals surface area contributed by atoms with E-state index in [2.05, 4.69) is 21.3 Å². The maximum Gasteiger partial charge on any atom is 0.335 e. The number of carboxylic acid groups (broad SMARTS) is 2. The summed E-state index contributed by atoms with van der Waals surface area (Å²) >= 11 is 0. The number of ether oxygens (including phenoxy) is 16. The van der Waals surface area contributed by atoms with E-state index in [0.29, 0.717) is 0 Å². The van der Waals surface area contributed by atoms with Gasteiger partial charge in [0.1, 0.15) is 164 Å². The molecule has 43 nitrogen and oxygen atoms in total. The highest BCUT2D eigenvalue weighted by atomic mass is 16.8. The van der Waals surface area contributed by atoms with Crippen LogP contribution in [-0.4, -0.2) is 370 Å². The fourth-order valence-corrected chi connectivity index (χ4v) is 13.6. The third-order valence-corrected chi connectivity index (χ3v) is 19.1. The summed E-state index contributed by atoms with van der Waals surface area (Å²) in [5.74, 6) is -6.82. The molecule has 40 atom stereocenters. The first-order chi connectivity index (χ1) is 49.8. The first-order valence-corrected chi connectivity index (χ1v) is 33.7. The second kappa shape index (κ2) is 35.4. The number of aliphatic carboxylic acids is 2. The van der Waals surface area contributed by atoms with Crippen LogP contribution in [0.2, 0.25) is 0 Å². The second-order valence-electron chi connectivity index (χ2n) is 27.0. The fraction of sp³-hybridized carbons (Fsp3) is 0.778. The molecule has 0 saturated carbocycles. The molecular formula is C63H92N4O39. The van der Waals surface area contributed by atoms with Crippen LogP contribution in [0.25, 0.3) is 0 Å². The number of amides is 4. The second-order valence-corrected chi connectivity index (χ2v) is 27.0. The van der Waals surface area contributed by atoms with Gasteiger partial charge < -0.3 is 183 Å². The van der Waals surface area contributed by atoms with Crippen LogP contribution in [0, 0.1) is 6.92 Å².